The maximum absolute atomic E-state index is 11.8. The number of Topliss-reactive ketones (excluding diaryl/α,β-unsaturated/α-hetero) is 1. The summed E-state index contributed by atoms with van der Waals surface area (Å²) in [4.78, 5) is 11.8. The lowest BCUT2D eigenvalue weighted by Crippen LogP contribution is -2.11. The second-order valence-corrected chi connectivity index (χ2v) is 4.23. The van der Waals surface area contributed by atoms with E-state index in [4.69, 9.17) is 22.1 Å². The molecule has 4 heteroatoms. The molecule has 0 saturated heterocycles. The quantitative estimate of drug-likeness (QED) is 0.679. The van der Waals surface area contributed by atoms with Gasteiger partial charge in [0, 0.05) is 16.3 Å². The number of anilines is 1. The summed E-state index contributed by atoms with van der Waals surface area (Å²) in [6, 6.07) is 13.7. The fraction of sp³-hybridized carbons (Fsp3) is 0.0714. The number of ketones is 1. The fourth-order valence-corrected chi connectivity index (χ4v) is 1.60. The molecule has 92 valence electrons. The maximum Gasteiger partial charge on any atom is 0.200 e. The van der Waals surface area contributed by atoms with E-state index in [0.717, 1.165) is 0 Å². The Labute approximate surface area is 110 Å². The number of carbonyl (C=O) groups is 1. The zero-order chi connectivity index (χ0) is 13.0. The second kappa shape index (κ2) is 5.56. The molecule has 3 nitrogen and oxygen atoms in total. The maximum atomic E-state index is 11.8. The van der Waals surface area contributed by atoms with Crippen LogP contribution in [0.3, 0.4) is 0 Å². The molecule has 0 bridgehead atoms. The molecule has 2 N–H and O–H groups in total. The molecule has 2 aromatic rings. The lowest BCUT2D eigenvalue weighted by atomic mass is 10.1. The Morgan fingerprint density at radius 3 is 2.56 bits per heavy atom. The number of nitrogens with two attached hydrogens (primary N) is 1. The Bertz CT molecular complexity index is 552. The lowest BCUT2D eigenvalue weighted by Gasteiger charge is -2.06. The van der Waals surface area contributed by atoms with E-state index in [1.807, 2.05) is 0 Å². The predicted octanol–water partition coefficient (Wildman–Crippen LogP) is 3.18. The Hall–Kier alpha value is -2.00. The van der Waals surface area contributed by atoms with E-state index < -0.39 is 0 Å². The molecule has 0 amide bonds. The number of rotatable bonds is 4. The monoisotopic (exact) mass is 261 g/mol. The topological polar surface area (TPSA) is 52.3 Å². The molecule has 0 aliphatic heterocycles. The van der Waals surface area contributed by atoms with Crippen molar-refractivity contribution in [3.8, 4) is 5.75 Å². The number of hydrogen-bond donors (Lipinski definition) is 1. The van der Waals surface area contributed by atoms with Gasteiger partial charge < -0.3 is 10.5 Å². The second-order valence-electron chi connectivity index (χ2n) is 3.79. The van der Waals surface area contributed by atoms with Crippen LogP contribution in [0.5, 0.6) is 5.75 Å². The van der Waals surface area contributed by atoms with Gasteiger partial charge in [-0.2, -0.15) is 0 Å². The minimum absolute atomic E-state index is 0.0227. The zero-order valence-corrected chi connectivity index (χ0v) is 10.4. The largest absolute Gasteiger partial charge is 0.485 e. The highest BCUT2D eigenvalue weighted by molar-refractivity contribution is 6.30. The molecule has 2 rings (SSSR count). The van der Waals surface area contributed by atoms with Crippen molar-refractivity contribution in [2.24, 2.45) is 0 Å². The molecule has 0 fully saturated rings. The van der Waals surface area contributed by atoms with Crippen LogP contribution >= 0.6 is 11.6 Å². The first-order valence-corrected chi connectivity index (χ1v) is 5.80. The van der Waals surface area contributed by atoms with Gasteiger partial charge in [-0.3, -0.25) is 4.79 Å². The predicted molar refractivity (Wildman–Crippen MR) is 72.1 cm³/mol. The van der Waals surface area contributed by atoms with Gasteiger partial charge in [0.05, 0.1) is 0 Å². The average Bonchev–Trinajstić information content (AvgIpc) is 2.38. The molecule has 0 saturated carbocycles. The van der Waals surface area contributed by atoms with Crippen LogP contribution in [0, 0.1) is 0 Å². The smallest absolute Gasteiger partial charge is 0.200 e. The van der Waals surface area contributed by atoms with Crippen LogP contribution in [0.25, 0.3) is 0 Å². The Balaban J connectivity index is 1.98. The van der Waals surface area contributed by atoms with Gasteiger partial charge in [-0.25, -0.2) is 0 Å². The molecule has 0 unspecified atom stereocenters. The normalized spacial score (nSPS) is 10.1. The van der Waals surface area contributed by atoms with Crippen LogP contribution < -0.4 is 10.5 Å². The average molecular weight is 262 g/mol. The third kappa shape index (κ3) is 3.25. The molecule has 18 heavy (non-hydrogen) atoms. The summed E-state index contributed by atoms with van der Waals surface area (Å²) in [6.07, 6.45) is 0. The van der Waals surface area contributed by atoms with E-state index in [1.54, 1.807) is 48.5 Å². The van der Waals surface area contributed by atoms with E-state index in [-0.39, 0.29) is 12.4 Å². The van der Waals surface area contributed by atoms with E-state index in [0.29, 0.717) is 22.0 Å². The number of hydrogen-bond acceptors (Lipinski definition) is 3. The highest BCUT2D eigenvalue weighted by atomic mass is 35.5. The number of benzene rings is 2. The third-order valence-electron chi connectivity index (χ3n) is 2.39. The van der Waals surface area contributed by atoms with Crippen molar-refractivity contribution in [1.82, 2.24) is 0 Å². The van der Waals surface area contributed by atoms with Crippen molar-refractivity contribution >= 4 is 23.1 Å². The van der Waals surface area contributed by atoms with Gasteiger partial charge in [0.2, 0.25) is 0 Å². The van der Waals surface area contributed by atoms with E-state index in [9.17, 15) is 4.79 Å². The van der Waals surface area contributed by atoms with Crippen LogP contribution in [-0.4, -0.2) is 12.4 Å². The minimum Gasteiger partial charge on any atom is -0.485 e. The summed E-state index contributed by atoms with van der Waals surface area (Å²) < 4.78 is 5.37. The molecule has 0 radical (unpaired) electrons. The summed E-state index contributed by atoms with van der Waals surface area (Å²) in [5.41, 5.74) is 6.72. The van der Waals surface area contributed by atoms with Crippen molar-refractivity contribution < 1.29 is 9.53 Å². The fourth-order valence-electron chi connectivity index (χ4n) is 1.48. The Kier molecular flexibility index (Phi) is 3.85. The van der Waals surface area contributed by atoms with Gasteiger partial charge in [-0.1, -0.05) is 23.7 Å². The van der Waals surface area contributed by atoms with Crippen molar-refractivity contribution in [3.05, 3.63) is 59.1 Å². The SMILES string of the molecule is Nc1cccc(C(=O)COc2ccc(Cl)cc2)c1. The number of ether oxygens (including phenoxy) is 1. The summed E-state index contributed by atoms with van der Waals surface area (Å²) in [6.45, 7) is -0.0227. The minimum atomic E-state index is -0.114. The van der Waals surface area contributed by atoms with Crippen LogP contribution in [0.4, 0.5) is 5.69 Å². The number of halogens is 1. The molecule has 0 atom stereocenters. The molecule has 0 spiro atoms. The van der Waals surface area contributed by atoms with Gasteiger partial charge in [-0.05, 0) is 36.4 Å². The first-order chi connectivity index (χ1) is 8.65. The van der Waals surface area contributed by atoms with Gasteiger partial charge in [0.25, 0.3) is 0 Å². The Morgan fingerprint density at radius 1 is 1.17 bits per heavy atom. The van der Waals surface area contributed by atoms with Crippen LogP contribution in [0.2, 0.25) is 5.02 Å². The highest BCUT2D eigenvalue weighted by Gasteiger charge is 2.06. The summed E-state index contributed by atoms with van der Waals surface area (Å²) >= 11 is 5.75. The third-order valence-corrected chi connectivity index (χ3v) is 2.64. The van der Waals surface area contributed by atoms with E-state index in [1.165, 1.54) is 0 Å². The summed E-state index contributed by atoms with van der Waals surface area (Å²) in [7, 11) is 0. The highest BCUT2D eigenvalue weighted by Crippen LogP contribution is 2.16. The van der Waals surface area contributed by atoms with Crippen LogP contribution in [0.15, 0.2) is 48.5 Å². The van der Waals surface area contributed by atoms with Crippen molar-refractivity contribution in [1.29, 1.82) is 0 Å². The number of nitrogen functional groups attached to an aromatic ring is 1. The van der Waals surface area contributed by atoms with Gasteiger partial charge in [-0.15, -0.1) is 0 Å². The first-order valence-electron chi connectivity index (χ1n) is 5.42. The van der Waals surface area contributed by atoms with E-state index in [2.05, 4.69) is 0 Å². The first kappa shape index (κ1) is 12.5. The van der Waals surface area contributed by atoms with E-state index >= 15 is 0 Å². The van der Waals surface area contributed by atoms with Gasteiger partial charge in [0.1, 0.15) is 5.75 Å². The van der Waals surface area contributed by atoms with Gasteiger partial charge >= 0.3 is 0 Å². The zero-order valence-electron chi connectivity index (χ0n) is 9.60. The van der Waals surface area contributed by atoms with Crippen molar-refractivity contribution in [2.75, 3.05) is 12.3 Å². The van der Waals surface area contributed by atoms with Gasteiger partial charge in [0.15, 0.2) is 12.4 Å². The van der Waals surface area contributed by atoms with Crippen LogP contribution in [0.1, 0.15) is 10.4 Å². The molecule has 2 aromatic carbocycles. The van der Waals surface area contributed by atoms with Crippen molar-refractivity contribution in [2.45, 2.75) is 0 Å². The van der Waals surface area contributed by atoms with Crippen LogP contribution in [-0.2, 0) is 0 Å². The molecular formula is C14H12ClNO2. The van der Waals surface area contributed by atoms with Crippen molar-refractivity contribution in [3.63, 3.8) is 0 Å². The molecular weight excluding hydrogens is 250 g/mol. The molecule has 0 aromatic heterocycles. The Morgan fingerprint density at radius 2 is 1.89 bits per heavy atom. The summed E-state index contributed by atoms with van der Waals surface area (Å²) in [5.74, 6) is 0.494. The lowest BCUT2D eigenvalue weighted by molar-refractivity contribution is 0.0921. The molecule has 0 aliphatic rings. The summed E-state index contributed by atoms with van der Waals surface area (Å²) in [5, 5.41) is 0.629. The standard InChI is InChI=1S/C14H12ClNO2/c15-11-4-6-13(7-5-11)18-9-14(17)10-2-1-3-12(16)8-10/h1-8H,9,16H2. The molecule has 0 aliphatic carbocycles. The number of carbonyl (C=O) groups excluding carboxylic acids is 1. The molecule has 0 heterocycles.